The van der Waals surface area contributed by atoms with Crippen LogP contribution in [0.5, 0.6) is 0 Å². The highest BCUT2D eigenvalue weighted by Crippen LogP contribution is 2.26. The summed E-state index contributed by atoms with van der Waals surface area (Å²) in [4.78, 5) is 8.40. The molecule has 0 spiro atoms. The molecule has 0 N–H and O–H groups in total. The molecule has 0 unspecified atom stereocenters. The van der Waals surface area contributed by atoms with Crippen molar-refractivity contribution in [3.05, 3.63) is 107 Å². The molecular weight excluding hydrogens is 380 g/mol. The third-order valence-electron chi connectivity index (χ3n) is 5.85. The fraction of sp³-hybridized carbons (Fsp3) is 0.111. The molecule has 0 aliphatic heterocycles. The van der Waals surface area contributed by atoms with Gasteiger partial charge in [0, 0.05) is 49.6 Å². The van der Waals surface area contributed by atoms with Crippen LogP contribution in [-0.2, 0) is 0 Å². The summed E-state index contributed by atoms with van der Waals surface area (Å²) < 4.78 is 4.46. The van der Waals surface area contributed by atoms with E-state index in [1.54, 1.807) is 0 Å². The van der Waals surface area contributed by atoms with Gasteiger partial charge in [0.1, 0.15) is 5.52 Å². The number of benzene rings is 3. The first-order valence-corrected chi connectivity index (χ1v) is 10.3. The second-order valence-electron chi connectivity index (χ2n) is 7.81. The van der Waals surface area contributed by atoms with Crippen LogP contribution in [0.4, 0.5) is 5.69 Å². The molecule has 31 heavy (non-hydrogen) atoms. The maximum Gasteiger partial charge on any atom is 0.237 e. The van der Waals surface area contributed by atoms with Crippen LogP contribution < -0.4 is 9.13 Å². The SMILES string of the molecule is [C-]#[N+]c1cc(-[n+]2c(C)ccc3ccccc32)c(C)c(-[n+]2c(C)cnc3ccccc32)c1. The van der Waals surface area contributed by atoms with Gasteiger partial charge in [-0.3, -0.25) is 0 Å². The zero-order chi connectivity index (χ0) is 21.5. The van der Waals surface area contributed by atoms with Gasteiger partial charge in [-0.2, -0.15) is 9.13 Å². The lowest BCUT2D eigenvalue weighted by Gasteiger charge is -2.11. The van der Waals surface area contributed by atoms with E-state index in [9.17, 15) is 0 Å². The molecular formula is C27H22N4+2. The summed E-state index contributed by atoms with van der Waals surface area (Å²) in [7, 11) is 0. The van der Waals surface area contributed by atoms with Crippen molar-refractivity contribution in [1.82, 2.24) is 4.98 Å². The number of aromatic nitrogens is 3. The molecule has 0 saturated carbocycles. The number of fused-ring (bicyclic) bond motifs is 2. The molecule has 2 aromatic heterocycles. The summed E-state index contributed by atoms with van der Waals surface area (Å²) in [5, 5.41) is 1.17. The minimum absolute atomic E-state index is 0.614. The van der Waals surface area contributed by atoms with E-state index in [0.717, 1.165) is 44.9 Å². The molecule has 0 amide bonds. The van der Waals surface area contributed by atoms with E-state index in [1.807, 2.05) is 36.5 Å². The highest BCUT2D eigenvalue weighted by Gasteiger charge is 2.27. The summed E-state index contributed by atoms with van der Waals surface area (Å²) in [5.41, 5.74) is 8.97. The molecule has 4 nitrogen and oxygen atoms in total. The second-order valence-corrected chi connectivity index (χ2v) is 7.81. The van der Waals surface area contributed by atoms with Crippen molar-refractivity contribution in [2.45, 2.75) is 20.8 Å². The topological polar surface area (TPSA) is 25.0 Å². The Morgan fingerprint density at radius 1 is 0.742 bits per heavy atom. The van der Waals surface area contributed by atoms with Gasteiger partial charge >= 0.3 is 0 Å². The number of hydrogen-bond acceptors (Lipinski definition) is 1. The van der Waals surface area contributed by atoms with Gasteiger partial charge in [0.25, 0.3) is 0 Å². The predicted molar refractivity (Wildman–Crippen MR) is 123 cm³/mol. The molecule has 0 atom stereocenters. The minimum Gasteiger partial charge on any atom is -0.243 e. The Balaban J connectivity index is 1.90. The number of pyridine rings is 1. The van der Waals surface area contributed by atoms with Crippen LogP contribution in [0, 0.1) is 27.3 Å². The number of rotatable bonds is 2. The van der Waals surface area contributed by atoms with E-state index in [4.69, 9.17) is 6.57 Å². The van der Waals surface area contributed by atoms with Gasteiger partial charge in [-0.05, 0) is 25.1 Å². The third kappa shape index (κ3) is 3.03. The fourth-order valence-corrected chi connectivity index (χ4v) is 4.32. The van der Waals surface area contributed by atoms with E-state index in [0.29, 0.717) is 5.69 Å². The standard InChI is InChI=1S/C27H22N4/c1-18-13-14-21-9-5-7-11-24(21)30(18)26-15-22(28-4)16-27(20(26)3)31-19(2)17-29-23-10-6-8-12-25(23)31/h5-17H,1-3H3/q+2. The molecule has 5 rings (SSSR count). The first kappa shape index (κ1) is 18.9. The minimum atomic E-state index is 0.614. The Labute approximate surface area is 181 Å². The van der Waals surface area contributed by atoms with E-state index < -0.39 is 0 Å². The van der Waals surface area contributed by atoms with Gasteiger partial charge in [0.2, 0.25) is 28.1 Å². The highest BCUT2D eigenvalue weighted by atomic mass is 15.0. The molecule has 0 bridgehead atoms. The van der Waals surface area contributed by atoms with Crippen molar-refractivity contribution in [2.24, 2.45) is 0 Å². The number of para-hydroxylation sites is 3. The van der Waals surface area contributed by atoms with Gasteiger partial charge in [-0.25, -0.2) is 9.83 Å². The zero-order valence-electron chi connectivity index (χ0n) is 17.8. The third-order valence-corrected chi connectivity index (χ3v) is 5.85. The summed E-state index contributed by atoms with van der Waals surface area (Å²) >= 11 is 0. The Kier molecular flexibility index (Phi) is 4.45. The molecule has 2 heterocycles. The summed E-state index contributed by atoms with van der Waals surface area (Å²) in [5.74, 6) is 0. The van der Waals surface area contributed by atoms with Crippen LogP contribution >= 0.6 is 0 Å². The lowest BCUT2D eigenvalue weighted by atomic mass is 10.1. The first-order chi connectivity index (χ1) is 15.1. The van der Waals surface area contributed by atoms with Gasteiger partial charge < -0.3 is 0 Å². The first-order valence-electron chi connectivity index (χ1n) is 10.3. The Morgan fingerprint density at radius 2 is 1.39 bits per heavy atom. The zero-order valence-corrected chi connectivity index (χ0v) is 17.8. The van der Waals surface area contributed by atoms with Crippen LogP contribution in [0.15, 0.2) is 79.0 Å². The van der Waals surface area contributed by atoms with Crippen molar-refractivity contribution >= 4 is 27.6 Å². The number of aryl methyl sites for hydroxylation is 2. The van der Waals surface area contributed by atoms with Gasteiger partial charge in [0.15, 0.2) is 11.4 Å². The smallest absolute Gasteiger partial charge is 0.237 e. The lowest BCUT2D eigenvalue weighted by molar-refractivity contribution is -0.584. The molecule has 4 heteroatoms. The monoisotopic (exact) mass is 402 g/mol. The second kappa shape index (κ2) is 7.30. The summed E-state index contributed by atoms with van der Waals surface area (Å²) in [6, 6.07) is 24.7. The number of nitrogens with zero attached hydrogens (tertiary/aromatic N) is 4. The van der Waals surface area contributed by atoms with Crippen LogP contribution in [0.3, 0.4) is 0 Å². The van der Waals surface area contributed by atoms with Crippen molar-refractivity contribution in [2.75, 3.05) is 0 Å². The van der Waals surface area contributed by atoms with E-state index in [2.05, 4.69) is 82.2 Å². The molecule has 0 radical (unpaired) electrons. The van der Waals surface area contributed by atoms with E-state index >= 15 is 0 Å². The van der Waals surface area contributed by atoms with Crippen molar-refractivity contribution in [3.63, 3.8) is 0 Å². The van der Waals surface area contributed by atoms with Crippen LogP contribution in [-0.4, -0.2) is 4.98 Å². The Bertz CT molecular complexity index is 1420. The maximum absolute atomic E-state index is 7.76. The molecule has 0 aliphatic carbocycles. The van der Waals surface area contributed by atoms with Gasteiger partial charge in [-0.15, -0.1) is 0 Å². The molecule has 5 aromatic rings. The van der Waals surface area contributed by atoms with Crippen molar-refractivity contribution < 1.29 is 9.13 Å². The van der Waals surface area contributed by atoms with Crippen LogP contribution in [0.2, 0.25) is 0 Å². The molecule has 0 aliphatic rings. The Morgan fingerprint density at radius 3 is 2.13 bits per heavy atom. The fourth-order valence-electron chi connectivity index (χ4n) is 4.32. The highest BCUT2D eigenvalue weighted by molar-refractivity contribution is 5.76. The summed E-state index contributed by atoms with van der Waals surface area (Å²) in [6.45, 7) is 14.1. The predicted octanol–water partition coefficient (Wildman–Crippen LogP) is 5.42. The van der Waals surface area contributed by atoms with E-state index in [-0.39, 0.29) is 0 Å². The van der Waals surface area contributed by atoms with Gasteiger partial charge in [-0.1, -0.05) is 24.3 Å². The maximum atomic E-state index is 7.76. The Hall–Kier alpha value is -4.10. The molecule has 0 saturated heterocycles. The van der Waals surface area contributed by atoms with Crippen molar-refractivity contribution in [1.29, 1.82) is 0 Å². The van der Waals surface area contributed by atoms with Gasteiger partial charge in [0.05, 0.1) is 18.3 Å². The molecule has 0 fully saturated rings. The lowest BCUT2D eigenvalue weighted by Crippen LogP contribution is -2.40. The van der Waals surface area contributed by atoms with E-state index in [1.165, 1.54) is 5.39 Å². The molecule has 148 valence electrons. The summed E-state index contributed by atoms with van der Waals surface area (Å²) in [6.07, 6.45) is 1.89. The average Bonchev–Trinajstić information content (AvgIpc) is 2.80. The van der Waals surface area contributed by atoms with Crippen LogP contribution in [0.25, 0.3) is 38.2 Å². The quantitative estimate of drug-likeness (QED) is 0.286. The molecule has 3 aromatic carbocycles. The normalized spacial score (nSPS) is 11.0. The van der Waals surface area contributed by atoms with Crippen molar-refractivity contribution in [3.8, 4) is 11.4 Å². The largest absolute Gasteiger partial charge is 0.243 e. The number of hydrogen-bond donors (Lipinski definition) is 0. The average molecular weight is 403 g/mol. The van der Waals surface area contributed by atoms with Crippen LogP contribution in [0.1, 0.15) is 17.0 Å².